The zero-order valence-corrected chi connectivity index (χ0v) is 8.62. The minimum atomic E-state index is 0.672. The second-order valence-corrected chi connectivity index (χ2v) is 3.47. The molecule has 2 aromatic heterocycles. The molecule has 0 unspecified atom stereocenters. The highest BCUT2D eigenvalue weighted by molar-refractivity contribution is 14.1. The zero-order valence-electron chi connectivity index (χ0n) is 6.47. The molecule has 0 saturated carbocycles. The number of aromatic amines is 1. The van der Waals surface area contributed by atoms with Gasteiger partial charge in [0.15, 0.2) is 0 Å². The van der Waals surface area contributed by atoms with Gasteiger partial charge in [-0.25, -0.2) is 4.98 Å². The minimum absolute atomic E-state index is 0.672. The van der Waals surface area contributed by atoms with Crippen LogP contribution in [0.3, 0.4) is 0 Å². The number of methoxy groups -OCH3 is 1. The van der Waals surface area contributed by atoms with Crippen molar-refractivity contribution in [3.63, 3.8) is 0 Å². The first-order valence-electron chi connectivity index (χ1n) is 3.48. The number of fused-ring (bicyclic) bond motifs is 1. The van der Waals surface area contributed by atoms with E-state index in [2.05, 4.69) is 32.6 Å². The molecule has 3 nitrogen and oxygen atoms in total. The molecule has 4 heteroatoms. The summed E-state index contributed by atoms with van der Waals surface area (Å²) in [5, 5.41) is 1.11. The highest BCUT2D eigenvalue weighted by Gasteiger charge is 2.06. The lowest BCUT2D eigenvalue weighted by Gasteiger charge is -2.01. The second-order valence-electron chi connectivity index (χ2n) is 2.39. The number of hydrogen-bond donors (Lipinski definition) is 1. The van der Waals surface area contributed by atoms with Crippen LogP contribution in [0.5, 0.6) is 5.88 Å². The first-order valence-corrected chi connectivity index (χ1v) is 4.56. The summed E-state index contributed by atoms with van der Waals surface area (Å²) in [6.07, 6.45) is 3.70. The summed E-state index contributed by atoms with van der Waals surface area (Å²) in [4.78, 5) is 7.28. The van der Waals surface area contributed by atoms with Crippen molar-refractivity contribution >= 4 is 33.5 Å². The maximum atomic E-state index is 5.08. The Morgan fingerprint density at radius 1 is 1.58 bits per heavy atom. The van der Waals surface area contributed by atoms with E-state index >= 15 is 0 Å². The van der Waals surface area contributed by atoms with Gasteiger partial charge in [0.1, 0.15) is 0 Å². The normalized spacial score (nSPS) is 10.5. The maximum Gasteiger partial charge on any atom is 0.228 e. The molecule has 1 N–H and O–H groups in total. The quantitative estimate of drug-likeness (QED) is 0.809. The van der Waals surface area contributed by atoms with E-state index in [4.69, 9.17) is 4.74 Å². The summed E-state index contributed by atoms with van der Waals surface area (Å²) in [6, 6.07) is 1.99. The molecular weight excluding hydrogens is 267 g/mol. The fourth-order valence-corrected chi connectivity index (χ4v) is 1.94. The standard InChI is InChI=1S/C8H7IN2O/c1-12-8-6(9)7-5(4-11-8)2-3-10-7/h2-4,10H,1H3. The Kier molecular flexibility index (Phi) is 1.92. The Morgan fingerprint density at radius 3 is 3.17 bits per heavy atom. The van der Waals surface area contributed by atoms with E-state index in [1.165, 1.54) is 0 Å². The van der Waals surface area contributed by atoms with Crippen LogP contribution in [0.25, 0.3) is 10.9 Å². The number of halogens is 1. The van der Waals surface area contributed by atoms with E-state index < -0.39 is 0 Å². The van der Waals surface area contributed by atoms with Gasteiger partial charge in [0.05, 0.1) is 16.2 Å². The van der Waals surface area contributed by atoms with Crippen LogP contribution < -0.4 is 4.74 Å². The largest absolute Gasteiger partial charge is 0.480 e. The maximum absolute atomic E-state index is 5.08. The SMILES string of the molecule is COc1ncc2cc[nH]c2c1I. The lowest BCUT2D eigenvalue weighted by atomic mass is 10.3. The number of rotatable bonds is 1. The van der Waals surface area contributed by atoms with Gasteiger partial charge in [0.25, 0.3) is 0 Å². The van der Waals surface area contributed by atoms with Crippen LogP contribution in [-0.4, -0.2) is 17.1 Å². The van der Waals surface area contributed by atoms with Gasteiger partial charge in [-0.1, -0.05) is 0 Å². The van der Waals surface area contributed by atoms with Gasteiger partial charge in [0.2, 0.25) is 5.88 Å². The molecule has 0 radical (unpaired) electrons. The number of nitrogens with zero attached hydrogens (tertiary/aromatic N) is 1. The van der Waals surface area contributed by atoms with Crippen LogP contribution in [0, 0.1) is 3.57 Å². The third kappa shape index (κ3) is 1.06. The number of aromatic nitrogens is 2. The summed E-state index contributed by atoms with van der Waals surface area (Å²) in [5.74, 6) is 0.672. The molecule has 0 bridgehead atoms. The van der Waals surface area contributed by atoms with E-state index in [1.807, 2.05) is 12.3 Å². The summed E-state index contributed by atoms with van der Waals surface area (Å²) in [7, 11) is 1.62. The summed E-state index contributed by atoms with van der Waals surface area (Å²) in [5.41, 5.74) is 1.09. The van der Waals surface area contributed by atoms with Crippen molar-refractivity contribution < 1.29 is 4.74 Å². The monoisotopic (exact) mass is 274 g/mol. The Balaban J connectivity index is 2.78. The molecule has 2 aromatic rings. The van der Waals surface area contributed by atoms with E-state index in [1.54, 1.807) is 13.3 Å². The molecule has 62 valence electrons. The van der Waals surface area contributed by atoms with Gasteiger partial charge in [-0.3, -0.25) is 0 Å². The van der Waals surface area contributed by atoms with E-state index in [0.29, 0.717) is 5.88 Å². The lowest BCUT2D eigenvalue weighted by Crippen LogP contribution is -1.90. The highest BCUT2D eigenvalue weighted by atomic mass is 127. The third-order valence-electron chi connectivity index (χ3n) is 1.70. The van der Waals surface area contributed by atoms with Crippen LogP contribution in [0.2, 0.25) is 0 Å². The predicted molar refractivity (Wildman–Crippen MR) is 55.4 cm³/mol. The van der Waals surface area contributed by atoms with Crippen LogP contribution in [0.15, 0.2) is 18.5 Å². The number of pyridine rings is 1. The van der Waals surface area contributed by atoms with E-state index in [9.17, 15) is 0 Å². The molecule has 0 spiro atoms. The summed E-state index contributed by atoms with van der Waals surface area (Å²) >= 11 is 2.22. The number of ether oxygens (including phenoxy) is 1. The molecule has 12 heavy (non-hydrogen) atoms. The van der Waals surface area contributed by atoms with Gasteiger partial charge in [-0.05, 0) is 28.7 Å². The van der Waals surface area contributed by atoms with Crippen molar-refractivity contribution in [1.29, 1.82) is 0 Å². The number of H-pyrrole nitrogens is 1. The van der Waals surface area contributed by atoms with Crippen molar-refractivity contribution in [2.45, 2.75) is 0 Å². The molecule has 0 amide bonds. The van der Waals surface area contributed by atoms with E-state index in [-0.39, 0.29) is 0 Å². The zero-order chi connectivity index (χ0) is 8.55. The Bertz CT molecular complexity index is 410. The molecule has 0 aliphatic rings. The average Bonchev–Trinajstić information content (AvgIpc) is 2.53. The fourth-order valence-electron chi connectivity index (χ4n) is 1.11. The van der Waals surface area contributed by atoms with Gasteiger partial charge >= 0.3 is 0 Å². The van der Waals surface area contributed by atoms with Crippen molar-refractivity contribution in [3.8, 4) is 5.88 Å². The van der Waals surface area contributed by atoms with Crippen LogP contribution in [0.4, 0.5) is 0 Å². The molecule has 0 saturated heterocycles. The molecule has 0 aromatic carbocycles. The first-order chi connectivity index (χ1) is 5.83. The van der Waals surface area contributed by atoms with Crippen molar-refractivity contribution in [2.75, 3.05) is 7.11 Å². The smallest absolute Gasteiger partial charge is 0.228 e. The fraction of sp³-hybridized carbons (Fsp3) is 0.125. The Hall–Kier alpha value is -0.780. The van der Waals surface area contributed by atoms with E-state index in [0.717, 1.165) is 14.5 Å². The van der Waals surface area contributed by atoms with Gasteiger partial charge in [-0.2, -0.15) is 0 Å². The van der Waals surface area contributed by atoms with Gasteiger partial charge < -0.3 is 9.72 Å². The lowest BCUT2D eigenvalue weighted by molar-refractivity contribution is 0.395. The number of hydrogen-bond acceptors (Lipinski definition) is 2. The van der Waals surface area contributed by atoms with Crippen molar-refractivity contribution in [2.24, 2.45) is 0 Å². The molecule has 2 rings (SSSR count). The van der Waals surface area contributed by atoms with Crippen LogP contribution in [0.1, 0.15) is 0 Å². The first kappa shape index (κ1) is 7.85. The second kappa shape index (κ2) is 2.93. The summed E-state index contributed by atoms with van der Waals surface area (Å²) in [6.45, 7) is 0. The van der Waals surface area contributed by atoms with Gasteiger partial charge in [0, 0.05) is 17.8 Å². The summed E-state index contributed by atoms with van der Waals surface area (Å²) < 4.78 is 6.11. The molecule has 2 heterocycles. The number of nitrogens with one attached hydrogen (secondary N) is 1. The Morgan fingerprint density at radius 2 is 2.42 bits per heavy atom. The Labute approximate surface area is 83.3 Å². The molecule has 0 aliphatic heterocycles. The molecule has 0 atom stereocenters. The van der Waals surface area contributed by atoms with Crippen LogP contribution >= 0.6 is 22.6 Å². The molecular formula is C8H7IN2O. The highest BCUT2D eigenvalue weighted by Crippen LogP contribution is 2.25. The third-order valence-corrected chi connectivity index (χ3v) is 2.70. The predicted octanol–water partition coefficient (Wildman–Crippen LogP) is 2.18. The topological polar surface area (TPSA) is 37.9 Å². The molecule has 0 fully saturated rings. The van der Waals surface area contributed by atoms with Crippen molar-refractivity contribution in [3.05, 3.63) is 22.0 Å². The van der Waals surface area contributed by atoms with Crippen LogP contribution in [-0.2, 0) is 0 Å². The minimum Gasteiger partial charge on any atom is -0.480 e. The molecule has 0 aliphatic carbocycles. The van der Waals surface area contributed by atoms with Gasteiger partial charge in [-0.15, -0.1) is 0 Å². The van der Waals surface area contributed by atoms with Crippen molar-refractivity contribution in [1.82, 2.24) is 9.97 Å². The average molecular weight is 274 g/mol.